The van der Waals surface area contributed by atoms with Crippen LogP contribution in [0.2, 0.25) is 0 Å². The SMILES string of the molecule is CCc1cc2c(cc1-c1ccc(C(=O)Nc3c(F)cncc3F)cc1)OC(C)(C)CC2O. The van der Waals surface area contributed by atoms with Gasteiger partial charge in [0.25, 0.3) is 5.91 Å². The number of amides is 1. The highest BCUT2D eigenvalue weighted by Crippen LogP contribution is 2.43. The molecule has 0 bridgehead atoms. The van der Waals surface area contributed by atoms with Crippen LogP contribution in [0.15, 0.2) is 48.8 Å². The predicted molar refractivity (Wildman–Crippen MR) is 118 cm³/mol. The molecule has 7 heteroatoms. The highest BCUT2D eigenvalue weighted by atomic mass is 19.1. The van der Waals surface area contributed by atoms with E-state index in [9.17, 15) is 18.7 Å². The van der Waals surface area contributed by atoms with Crippen LogP contribution in [0.3, 0.4) is 0 Å². The number of nitrogens with one attached hydrogen (secondary N) is 1. The second kappa shape index (κ2) is 8.31. The van der Waals surface area contributed by atoms with Crippen LogP contribution in [-0.4, -0.2) is 21.6 Å². The first-order valence-corrected chi connectivity index (χ1v) is 10.4. The van der Waals surface area contributed by atoms with Gasteiger partial charge in [-0.1, -0.05) is 19.1 Å². The average Bonchev–Trinajstić information content (AvgIpc) is 2.75. The molecule has 3 aromatic rings. The van der Waals surface area contributed by atoms with Crippen LogP contribution in [0.4, 0.5) is 14.5 Å². The Kier molecular flexibility index (Phi) is 5.69. The van der Waals surface area contributed by atoms with Crippen molar-refractivity contribution in [2.75, 3.05) is 5.32 Å². The van der Waals surface area contributed by atoms with Gasteiger partial charge in [0.1, 0.15) is 17.0 Å². The number of carbonyl (C=O) groups excluding carboxylic acids is 1. The standard InChI is InChI=1S/C25H24F2N2O3/c1-4-14-9-18-21(30)11-25(2,3)32-22(18)10-17(14)15-5-7-16(8-6-15)24(31)29-23-19(26)12-28-13-20(23)27/h5-10,12-13,21,30H,4,11H2,1-3H3,(H,28,29,31). The highest BCUT2D eigenvalue weighted by molar-refractivity contribution is 6.04. The van der Waals surface area contributed by atoms with Crippen LogP contribution in [0.25, 0.3) is 11.1 Å². The lowest BCUT2D eigenvalue weighted by Crippen LogP contribution is -2.34. The summed E-state index contributed by atoms with van der Waals surface area (Å²) in [6.07, 6.45) is 2.36. The number of anilines is 1. The van der Waals surface area contributed by atoms with E-state index in [0.29, 0.717) is 12.2 Å². The molecule has 2 heterocycles. The summed E-state index contributed by atoms with van der Waals surface area (Å²) in [7, 11) is 0. The summed E-state index contributed by atoms with van der Waals surface area (Å²) in [4.78, 5) is 15.9. The molecule has 1 aromatic heterocycles. The third-order valence-electron chi connectivity index (χ3n) is 5.60. The molecular formula is C25H24F2N2O3. The number of fused-ring (bicyclic) bond motifs is 1. The summed E-state index contributed by atoms with van der Waals surface area (Å²) < 4.78 is 33.6. The van der Waals surface area contributed by atoms with Crippen LogP contribution in [-0.2, 0) is 6.42 Å². The Morgan fingerprint density at radius 1 is 1.19 bits per heavy atom. The number of ether oxygens (including phenoxy) is 1. The van der Waals surface area contributed by atoms with E-state index in [-0.39, 0.29) is 5.56 Å². The number of hydrogen-bond donors (Lipinski definition) is 2. The second-order valence-electron chi connectivity index (χ2n) is 8.49. The molecular weight excluding hydrogens is 414 g/mol. The van der Waals surface area contributed by atoms with E-state index in [2.05, 4.69) is 10.3 Å². The zero-order valence-corrected chi connectivity index (χ0v) is 18.1. The Labute approximate surface area is 185 Å². The summed E-state index contributed by atoms with van der Waals surface area (Å²) >= 11 is 0. The molecule has 4 rings (SSSR count). The molecule has 2 N–H and O–H groups in total. The average molecular weight is 438 g/mol. The molecule has 1 aliphatic heterocycles. The number of carbonyl (C=O) groups is 1. The number of nitrogens with zero attached hydrogens (tertiary/aromatic N) is 1. The first-order valence-electron chi connectivity index (χ1n) is 10.4. The molecule has 1 amide bonds. The molecule has 0 saturated carbocycles. The third kappa shape index (κ3) is 4.21. The minimum Gasteiger partial charge on any atom is -0.487 e. The van der Waals surface area contributed by atoms with Crippen molar-refractivity contribution in [3.8, 4) is 16.9 Å². The van der Waals surface area contributed by atoms with Gasteiger partial charge < -0.3 is 15.2 Å². The van der Waals surface area contributed by atoms with Gasteiger partial charge in [0, 0.05) is 17.5 Å². The molecule has 0 spiro atoms. The number of rotatable bonds is 4. The van der Waals surface area contributed by atoms with Crippen LogP contribution in [0.1, 0.15) is 54.8 Å². The highest BCUT2D eigenvalue weighted by Gasteiger charge is 2.33. The monoisotopic (exact) mass is 438 g/mol. The number of benzene rings is 2. The molecule has 0 radical (unpaired) electrons. The lowest BCUT2D eigenvalue weighted by molar-refractivity contribution is 0.0115. The fraction of sp³-hybridized carbons (Fsp3) is 0.280. The first kappa shape index (κ1) is 21.9. The normalized spacial score (nSPS) is 16.8. The topological polar surface area (TPSA) is 71.5 Å². The maximum Gasteiger partial charge on any atom is 0.255 e. The molecule has 0 aliphatic carbocycles. The minimum atomic E-state index is -0.943. The fourth-order valence-electron chi connectivity index (χ4n) is 3.99. The van der Waals surface area contributed by atoms with Gasteiger partial charge in [0.15, 0.2) is 11.6 Å². The molecule has 2 aromatic carbocycles. The maximum atomic E-state index is 13.8. The number of aliphatic hydroxyl groups excluding tert-OH is 1. The molecule has 1 atom stereocenters. The van der Waals surface area contributed by atoms with Crippen molar-refractivity contribution < 1.29 is 23.4 Å². The zero-order chi connectivity index (χ0) is 23.0. The van der Waals surface area contributed by atoms with Crippen LogP contribution >= 0.6 is 0 Å². The Morgan fingerprint density at radius 3 is 2.47 bits per heavy atom. The van der Waals surface area contributed by atoms with Gasteiger partial charge in [-0.2, -0.15) is 0 Å². The largest absolute Gasteiger partial charge is 0.487 e. The van der Waals surface area contributed by atoms with Crippen molar-refractivity contribution in [3.05, 3.63) is 77.1 Å². The van der Waals surface area contributed by atoms with E-state index in [1.165, 1.54) is 0 Å². The molecule has 166 valence electrons. The molecule has 1 unspecified atom stereocenters. The number of pyridine rings is 1. The summed E-state index contributed by atoms with van der Waals surface area (Å²) in [6.45, 7) is 5.91. The number of aromatic nitrogens is 1. The quantitative estimate of drug-likeness (QED) is 0.569. The first-order chi connectivity index (χ1) is 15.2. The van der Waals surface area contributed by atoms with Gasteiger partial charge >= 0.3 is 0 Å². The number of aryl methyl sites for hydroxylation is 1. The van der Waals surface area contributed by atoms with Gasteiger partial charge in [-0.05, 0) is 61.2 Å². The summed E-state index contributed by atoms with van der Waals surface area (Å²) in [5, 5.41) is 12.8. The van der Waals surface area contributed by atoms with Crippen molar-refractivity contribution >= 4 is 11.6 Å². The van der Waals surface area contributed by atoms with E-state index >= 15 is 0 Å². The maximum absolute atomic E-state index is 13.8. The summed E-state index contributed by atoms with van der Waals surface area (Å²) in [5.74, 6) is -1.87. The lowest BCUT2D eigenvalue weighted by Gasteiger charge is -2.36. The molecule has 32 heavy (non-hydrogen) atoms. The van der Waals surface area contributed by atoms with E-state index < -0.39 is 34.9 Å². The Balaban J connectivity index is 1.64. The Bertz CT molecular complexity index is 1160. The van der Waals surface area contributed by atoms with Crippen LogP contribution in [0.5, 0.6) is 5.75 Å². The summed E-state index contributed by atoms with van der Waals surface area (Å²) in [5.41, 5.74) is 2.88. The van der Waals surface area contributed by atoms with Crippen molar-refractivity contribution in [2.45, 2.75) is 45.3 Å². The van der Waals surface area contributed by atoms with Gasteiger partial charge in [-0.15, -0.1) is 0 Å². The predicted octanol–water partition coefficient (Wildman–Crippen LogP) is 5.44. The van der Waals surface area contributed by atoms with Crippen molar-refractivity contribution in [2.24, 2.45) is 0 Å². The van der Waals surface area contributed by atoms with E-state index in [0.717, 1.165) is 41.1 Å². The van der Waals surface area contributed by atoms with Gasteiger partial charge in [-0.25, -0.2) is 8.78 Å². The van der Waals surface area contributed by atoms with E-state index in [1.807, 2.05) is 32.9 Å². The van der Waals surface area contributed by atoms with Crippen molar-refractivity contribution in [1.29, 1.82) is 0 Å². The van der Waals surface area contributed by atoms with E-state index in [4.69, 9.17) is 4.74 Å². The lowest BCUT2D eigenvalue weighted by atomic mass is 9.87. The van der Waals surface area contributed by atoms with Crippen molar-refractivity contribution in [1.82, 2.24) is 4.98 Å². The fourth-order valence-corrected chi connectivity index (χ4v) is 3.99. The third-order valence-corrected chi connectivity index (χ3v) is 5.60. The van der Waals surface area contributed by atoms with Crippen LogP contribution in [0, 0.1) is 11.6 Å². The van der Waals surface area contributed by atoms with Gasteiger partial charge in [-0.3, -0.25) is 9.78 Å². The Morgan fingerprint density at radius 2 is 1.84 bits per heavy atom. The van der Waals surface area contributed by atoms with E-state index in [1.54, 1.807) is 24.3 Å². The number of halogens is 2. The zero-order valence-electron chi connectivity index (χ0n) is 18.1. The van der Waals surface area contributed by atoms with Crippen LogP contribution < -0.4 is 10.1 Å². The second-order valence-corrected chi connectivity index (χ2v) is 8.49. The molecule has 5 nitrogen and oxygen atoms in total. The van der Waals surface area contributed by atoms with Gasteiger partial charge in [0.2, 0.25) is 0 Å². The molecule has 0 saturated heterocycles. The number of hydrogen-bond acceptors (Lipinski definition) is 4. The molecule has 0 fully saturated rings. The van der Waals surface area contributed by atoms with Crippen molar-refractivity contribution in [3.63, 3.8) is 0 Å². The number of aliphatic hydroxyl groups is 1. The Hall–Kier alpha value is -3.32. The summed E-state index contributed by atoms with van der Waals surface area (Å²) in [6, 6.07) is 10.6. The smallest absolute Gasteiger partial charge is 0.255 e. The van der Waals surface area contributed by atoms with Gasteiger partial charge in [0.05, 0.1) is 18.5 Å². The molecule has 1 aliphatic rings. The minimum absolute atomic E-state index is 0.258.